The van der Waals surface area contributed by atoms with E-state index in [0.29, 0.717) is 17.0 Å². The molecule has 0 amide bonds. The Morgan fingerprint density at radius 2 is 2.09 bits per heavy atom. The number of ether oxygens (including phenoxy) is 1. The van der Waals surface area contributed by atoms with Gasteiger partial charge in [0, 0.05) is 6.92 Å². The van der Waals surface area contributed by atoms with Crippen LogP contribution in [0, 0.1) is 11.7 Å². The molecule has 0 aromatic carbocycles. The molecule has 0 radical (unpaired) electrons. The van der Waals surface area contributed by atoms with Crippen molar-refractivity contribution in [3.8, 4) is 0 Å². The van der Waals surface area contributed by atoms with E-state index in [0.717, 1.165) is 6.16 Å². The van der Waals surface area contributed by atoms with Crippen molar-refractivity contribution >= 4 is 25.4 Å². The Hall–Kier alpha value is -0.590. The maximum atomic E-state index is 10.3. The van der Waals surface area contributed by atoms with Crippen LogP contribution >= 0.6 is 19.1 Å². The van der Waals surface area contributed by atoms with Gasteiger partial charge in [0.2, 0.25) is 12.1 Å². The van der Waals surface area contributed by atoms with Crippen LogP contribution in [0.3, 0.4) is 0 Å². The van der Waals surface area contributed by atoms with Crippen LogP contribution in [0.15, 0.2) is 6.33 Å². The first kappa shape index (κ1) is 17.8. The average Bonchev–Trinajstić information content (AvgIpc) is 2.68. The van der Waals surface area contributed by atoms with E-state index < -0.39 is 25.3 Å². The second-order valence-electron chi connectivity index (χ2n) is 6.57. The van der Waals surface area contributed by atoms with Crippen molar-refractivity contribution in [1.29, 1.82) is 0 Å². The summed E-state index contributed by atoms with van der Waals surface area (Å²) in [6.07, 6.45) is 4.58. The third-order valence-corrected chi connectivity index (χ3v) is 5.71. The van der Waals surface area contributed by atoms with Gasteiger partial charge in [-0.25, -0.2) is 9.13 Å². The molecule has 2 unspecified atom stereocenters. The van der Waals surface area contributed by atoms with Gasteiger partial charge in [-0.2, -0.15) is 0 Å². The van der Waals surface area contributed by atoms with Crippen molar-refractivity contribution in [2.45, 2.75) is 37.9 Å². The lowest BCUT2D eigenvalue weighted by Gasteiger charge is -2.18. The zero-order valence-electron chi connectivity index (χ0n) is 13.5. The van der Waals surface area contributed by atoms with Gasteiger partial charge >= 0.3 is 4.77 Å². The first-order valence-electron chi connectivity index (χ1n) is 7.24. The van der Waals surface area contributed by atoms with Crippen LogP contribution < -0.4 is 4.57 Å². The molecular formula is C14H25N3O3PS+. The van der Waals surface area contributed by atoms with Crippen LogP contribution in [-0.4, -0.2) is 63.9 Å². The molecule has 1 aromatic heterocycles. The summed E-state index contributed by atoms with van der Waals surface area (Å²) >= 11 is 5.12. The summed E-state index contributed by atoms with van der Waals surface area (Å²) < 4.78 is 9.77. The lowest BCUT2D eigenvalue weighted by Crippen LogP contribution is -2.38. The minimum absolute atomic E-state index is 0.388. The smallest absolute Gasteiger partial charge is 0.333 e. The maximum absolute atomic E-state index is 10.3. The molecule has 1 fully saturated rings. The van der Waals surface area contributed by atoms with Crippen molar-refractivity contribution in [3.63, 3.8) is 0 Å². The number of aliphatic hydroxyl groups is 2. The molecular weight excluding hydrogens is 321 g/mol. The summed E-state index contributed by atoms with van der Waals surface area (Å²) in [6.45, 7) is 4.90. The maximum Gasteiger partial charge on any atom is 0.333 e. The Bertz CT molecular complexity index is 657. The van der Waals surface area contributed by atoms with Gasteiger partial charge in [-0.1, -0.05) is 4.98 Å². The largest absolute Gasteiger partial charge is 0.387 e. The summed E-state index contributed by atoms with van der Waals surface area (Å²) in [5.41, 5.74) is 0. The first-order valence-corrected chi connectivity index (χ1v) is 10.7. The monoisotopic (exact) mass is 346 g/mol. The van der Waals surface area contributed by atoms with E-state index in [1.165, 1.54) is 0 Å². The highest BCUT2D eigenvalue weighted by Crippen LogP contribution is 2.39. The molecule has 0 spiro atoms. The highest BCUT2D eigenvalue weighted by molar-refractivity contribution is 7.72. The van der Waals surface area contributed by atoms with Crippen molar-refractivity contribution in [2.75, 3.05) is 19.5 Å². The predicted octanol–water partition coefficient (Wildman–Crippen LogP) is 0.464. The van der Waals surface area contributed by atoms with E-state index in [-0.39, 0.29) is 6.10 Å². The lowest BCUT2D eigenvalue weighted by atomic mass is 10.1. The van der Waals surface area contributed by atoms with Gasteiger partial charge in [0.25, 0.3) is 0 Å². The number of aromatic nitrogens is 3. The van der Waals surface area contributed by atoms with Crippen LogP contribution in [0.25, 0.3) is 0 Å². The molecule has 6 nitrogen and oxygen atoms in total. The second kappa shape index (κ2) is 6.49. The number of rotatable bonds is 4. The van der Waals surface area contributed by atoms with Gasteiger partial charge in [0.05, 0.1) is 13.2 Å². The zero-order chi connectivity index (χ0) is 16.7. The number of aliphatic hydroxyl groups excluding tert-OH is 2. The van der Waals surface area contributed by atoms with Crippen LogP contribution in [-0.2, 0) is 11.8 Å². The molecule has 1 aromatic rings. The van der Waals surface area contributed by atoms with Crippen molar-refractivity contribution in [3.05, 3.63) is 16.9 Å². The Kier molecular flexibility index (Phi) is 5.24. The van der Waals surface area contributed by atoms with Crippen molar-refractivity contribution in [1.82, 2.24) is 9.55 Å². The molecule has 1 aliphatic heterocycles. The molecule has 124 valence electrons. The van der Waals surface area contributed by atoms with Gasteiger partial charge in [0.1, 0.15) is 12.2 Å². The van der Waals surface area contributed by atoms with E-state index in [1.807, 2.05) is 0 Å². The Balaban J connectivity index is 2.21. The minimum atomic E-state index is -1.19. The van der Waals surface area contributed by atoms with Gasteiger partial charge in [-0.15, -0.1) is 13.2 Å². The summed E-state index contributed by atoms with van der Waals surface area (Å²) in [5, 5.41) is 20.6. The topological polar surface area (TPSA) is 71.4 Å². The fourth-order valence-corrected chi connectivity index (χ4v) is 3.65. The Morgan fingerprint density at radius 1 is 1.45 bits per heavy atom. The predicted molar refractivity (Wildman–Crippen MR) is 90.3 cm³/mol. The standard InChI is InChI=1S/C14H25N3O3PS/c1-9-15-14(22)16(2)8-17(9)13-12(19)11(18)10(20-13)6-7-21(3,4)5/h8,10-13,18-19H,3,6-7H2,1-2,4-5H3/q+1/t10?,11-,12-,13?/m1/s1. The molecule has 8 heteroatoms. The van der Waals surface area contributed by atoms with E-state index in [2.05, 4.69) is 24.6 Å². The third kappa shape index (κ3) is 3.84. The fraction of sp³-hybridized carbons (Fsp3) is 0.714. The minimum Gasteiger partial charge on any atom is -0.387 e. The van der Waals surface area contributed by atoms with Crippen molar-refractivity contribution in [2.24, 2.45) is 7.05 Å². The Labute approximate surface area is 136 Å². The third-order valence-electron chi connectivity index (χ3n) is 3.86. The van der Waals surface area contributed by atoms with Crippen LogP contribution in [0.4, 0.5) is 0 Å². The summed E-state index contributed by atoms with van der Waals surface area (Å²) in [6, 6.07) is 0. The SMILES string of the molecule is C=P(C)(C)CCC1OC(n2c[n+](C)c(=S)nc2C)[C@H](O)[C@@H]1O. The highest BCUT2D eigenvalue weighted by Gasteiger charge is 2.45. The van der Waals surface area contributed by atoms with Crippen molar-refractivity contribution < 1.29 is 19.5 Å². The summed E-state index contributed by atoms with van der Waals surface area (Å²) in [7, 11) is 1.79. The molecule has 2 heterocycles. The van der Waals surface area contributed by atoms with E-state index in [9.17, 15) is 10.2 Å². The molecule has 0 bridgehead atoms. The van der Waals surface area contributed by atoms with Crippen LogP contribution in [0.1, 0.15) is 18.5 Å². The number of hydrogen-bond donors (Lipinski definition) is 2. The van der Waals surface area contributed by atoms with Crippen LogP contribution in [0.2, 0.25) is 0 Å². The number of aryl methyl sites for hydroxylation is 2. The molecule has 1 saturated heterocycles. The number of nitrogens with zero attached hydrogens (tertiary/aromatic N) is 3. The average molecular weight is 346 g/mol. The molecule has 2 N–H and O–H groups in total. The van der Waals surface area contributed by atoms with E-state index in [4.69, 9.17) is 17.0 Å². The quantitative estimate of drug-likeness (QED) is 0.471. The lowest BCUT2D eigenvalue weighted by molar-refractivity contribution is -0.686. The second-order valence-corrected chi connectivity index (χ2v) is 11.3. The van der Waals surface area contributed by atoms with Gasteiger partial charge in [0.15, 0.2) is 6.33 Å². The van der Waals surface area contributed by atoms with Gasteiger partial charge in [-0.05, 0) is 38.1 Å². The normalized spacial score (nSPS) is 29.0. The molecule has 4 atom stereocenters. The fourth-order valence-electron chi connectivity index (χ4n) is 2.52. The molecule has 1 aliphatic rings. The first-order chi connectivity index (χ1) is 10.1. The molecule has 2 rings (SSSR count). The molecule has 0 saturated carbocycles. The summed E-state index contributed by atoms with van der Waals surface area (Å²) in [4.78, 5) is 4.25. The van der Waals surface area contributed by atoms with E-state index >= 15 is 0 Å². The summed E-state index contributed by atoms with van der Waals surface area (Å²) in [5.74, 6) is 0.644. The van der Waals surface area contributed by atoms with Gasteiger partial charge in [-0.3, -0.25) is 0 Å². The van der Waals surface area contributed by atoms with Crippen LogP contribution in [0.5, 0.6) is 0 Å². The Morgan fingerprint density at radius 3 is 2.68 bits per heavy atom. The molecule has 0 aliphatic carbocycles. The zero-order valence-corrected chi connectivity index (χ0v) is 15.2. The highest BCUT2D eigenvalue weighted by atomic mass is 32.1. The van der Waals surface area contributed by atoms with Gasteiger partial charge < -0.3 is 14.9 Å². The number of hydrogen-bond acceptors (Lipinski definition) is 5. The molecule has 22 heavy (non-hydrogen) atoms. The van der Waals surface area contributed by atoms with E-state index in [1.54, 1.807) is 29.4 Å².